The lowest BCUT2D eigenvalue weighted by Crippen LogP contribution is -2.19. The van der Waals surface area contributed by atoms with Gasteiger partial charge in [-0.3, -0.25) is 0 Å². The summed E-state index contributed by atoms with van der Waals surface area (Å²) in [7, 11) is 0. The fraction of sp³-hybridized carbons (Fsp3) is 0.500. The van der Waals surface area contributed by atoms with Crippen LogP contribution in [0.15, 0.2) is 12.1 Å². The molecule has 0 aromatic heterocycles. The van der Waals surface area contributed by atoms with Crippen LogP contribution in [-0.2, 0) is 0 Å². The van der Waals surface area contributed by atoms with E-state index < -0.39 is 23.6 Å². The van der Waals surface area contributed by atoms with Gasteiger partial charge in [0.15, 0.2) is 11.6 Å². The molecule has 1 aliphatic rings. The summed E-state index contributed by atoms with van der Waals surface area (Å²) in [5.74, 6) is -3.11. The first-order chi connectivity index (χ1) is 7.59. The molecule has 0 aliphatic heterocycles. The smallest absolute Gasteiger partial charge is 0.165 e. The van der Waals surface area contributed by atoms with Gasteiger partial charge in [0.05, 0.1) is 6.10 Å². The molecule has 1 saturated carbocycles. The predicted octanol–water partition coefficient (Wildman–Crippen LogP) is 3.12. The summed E-state index contributed by atoms with van der Waals surface area (Å²) in [6, 6.07) is 1.75. The molecule has 0 unspecified atom stereocenters. The van der Waals surface area contributed by atoms with Gasteiger partial charge in [0.1, 0.15) is 5.82 Å². The van der Waals surface area contributed by atoms with Crippen molar-refractivity contribution in [1.82, 2.24) is 0 Å². The summed E-state index contributed by atoms with van der Waals surface area (Å²) in [5.41, 5.74) is -0.160. The molecule has 0 radical (unpaired) electrons. The van der Waals surface area contributed by atoms with Crippen molar-refractivity contribution in [3.8, 4) is 0 Å². The van der Waals surface area contributed by atoms with Crippen molar-refractivity contribution in [3.63, 3.8) is 0 Å². The molecule has 0 spiro atoms. The molecule has 0 bridgehead atoms. The second kappa shape index (κ2) is 4.45. The minimum Gasteiger partial charge on any atom is -0.393 e. The Labute approximate surface area is 91.9 Å². The normalized spacial score (nSPS) is 25.8. The maximum Gasteiger partial charge on any atom is 0.165 e. The quantitative estimate of drug-likeness (QED) is 0.735. The number of hydrogen-bond acceptors (Lipinski definition) is 1. The molecule has 16 heavy (non-hydrogen) atoms. The van der Waals surface area contributed by atoms with Crippen molar-refractivity contribution in [3.05, 3.63) is 35.1 Å². The summed E-state index contributed by atoms with van der Waals surface area (Å²) in [5, 5.41) is 9.31. The Bertz CT molecular complexity index is 384. The number of aliphatic hydroxyl groups is 1. The zero-order valence-electron chi connectivity index (χ0n) is 8.72. The van der Waals surface area contributed by atoms with Crippen LogP contribution in [0, 0.1) is 17.5 Å². The van der Waals surface area contributed by atoms with Crippen LogP contribution in [0.3, 0.4) is 0 Å². The first kappa shape index (κ1) is 11.5. The Morgan fingerprint density at radius 1 is 0.938 bits per heavy atom. The maximum absolute atomic E-state index is 13.5. The highest BCUT2D eigenvalue weighted by molar-refractivity contribution is 5.25. The molecule has 1 nitrogen and oxygen atoms in total. The monoisotopic (exact) mass is 230 g/mol. The zero-order valence-corrected chi connectivity index (χ0v) is 8.72. The zero-order chi connectivity index (χ0) is 11.7. The van der Waals surface area contributed by atoms with E-state index in [2.05, 4.69) is 0 Å². The third-order valence-electron chi connectivity index (χ3n) is 3.18. The van der Waals surface area contributed by atoms with Gasteiger partial charge in [-0.15, -0.1) is 0 Å². The second-order valence-electron chi connectivity index (χ2n) is 4.26. The molecule has 1 fully saturated rings. The van der Waals surface area contributed by atoms with Crippen molar-refractivity contribution in [2.24, 2.45) is 0 Å². The Kier molecular flexibility index (Phi) is 3.19. The highest BCUT2D eigenvalue weighted by atomic mass is 19.2. The average molecular weight is 230 g/mol. The molecule has 2 rings (SSSR count). The Hall–Kier alpha value is -1.03. The van der Waals surface area contributed by atoms with Crippen molar-refractivity contribution < 1.29 is 18.3 Å². The van der Waals surface area contributed by atoms with Crippen molar-refractivity contribution in [1.29, 1.82) is 0 Å². The minimum atomic E-state index is -1.08. The third kappa shape index (κ3) is 2.07. The molecular formula is C12H13F3O. The molecule has 1 aliphatic carbocycles. The van der Waals surface area contributed by atoms with E-state index in [1.165, 1.54) is 0 Å². The van der Waals surface area contributed by atoms with Gasteiger partial charge >= 0.3 is 0 Å². The van der Waals surface area contributed by atoms with E-state index in [-0.39, 0.29) is 11.5 Å². The fourth-order valence-corrected chi connectivity index (χ4v) is 2.28. The molecule has 0 atom stereocenters. The van der Waals surface area contributed by atoms with E-state index in [9.17, 15) is 18.3 Å². The van der Waals surface area contributed by atoms with E-state index >= 15 is 0 Å². The van der Waals surface area contributed by atoms with E-state index in [4.69, 9.17) is 0 Å². The van der Waals surface area contributed by atoms with Gasteiger partial charge in [0.2, 0.25) is 0 Å². The highest BCUT2D eigenvalue weighted by Crippen LogP contribution is 2.36. The summed E-state index contributed by atoms with van der Waals surface area (Å²) in [4.78, 5) is 0. The lowest BCUT2D eigenvalue weighted by Gasteiger charge is -2.26. The number of benzene rings is 1. The molecular weight excluding hydrogens is 217 g/mol. The summed E-state index contributed by atoms with van der Waals surface area (Å²) < 4.78 is 39.9. The molecule has 4 heteroatoms. The van der Waals surface area contributed by atoms with Crippen molar-refractivity contribution >= 4 is 0 Å². The Morgan fingerprint density at radius 2 is 1.50 bits per heavy atom. The number of halogens is 3. The first-order valence-electron chi connectivity index (χ1n) is 5.41. The maximum atomic E-state index is 13.5. The van der Waals surface area contributed by atoms with Crippen molar-refractivity contribution in [2.75, 3.05) is 0 Å². The number of rotatable bonds is 1. The summed E-state index contributed by atoms with van der Waals surface area (Å²) in [6.45, 7) is 0. The molecule has 0 heterocycles. The van der Waals surface area contributed by atoms with Crippen molar-refractivity contribution in [2.45, 2.75) is 37.7 Å². The Morgan fingerprint density at radius 3 is 2.12 bits per heavy atom. The molecule has 0 saturated heterocycles. The van der Waals surface area contributed by atoms with Crippen LogP contribution in [-0.4, -0.2) is 11.2 Å². The van der Waals surface area contributed by atoms with E-state index in [0.29, 0.717) is 25.7 Å². The van der Waals surface area contributed by atoms with E-state index in [0.717, 1.165) is 12.1 Å². The van der Waals surface area contributed by atoms with Gasteiger partial charge in [-0.05, 0) is 43.7 Å². The lowest BCUT2D eigenvalue weighted by molar-refractivity contribution is 0.121. The predicted molar refractivity (Wildman–Crippen MR) is 53.5 cm³/mol. The van der Waals surface area contributed by atoms with Crippen LogP contribution >= 0.6 is 0 Å². The van der Waals surface area contributed by atoms with Gasteiger partial charge in [-0.1, -0.05) is 0 Å². The number of hydrogen-bond donors (Lipinski definition) is 1. The lowest BCUT2D eigenvalue weighted by atomic mass is 9.82. The second-order valence-corrected chi connectivity index (χ2v) is 4.26. The molecule has 1 aromatic carbocycles. The third-order valence-corrected chi connectivity index (χ3v) is 3.18. The Balaban J connectivity index is 2.29. The average Bonchev–Trinajstić information content (AvgIpc) is 2.27. The van der Waals surface area contributed by atoms with Crippen LogP contribution in [0.25, 0.3) is 0 Å². The van der Waals surface area contributed by atoms with Crippen LogP contribution in [0.4, 0.5) is 13.2 Å². The van der Waals surface area contributed by atoms with Crippen LogP contribution in [0.5, 0.6) is 0 Å². The van der Waals surface area contributed by atoms with E-state index in [1.54, 1.807) is 0 Å². The fourth-order valence-electron chi connectivity index (χ4n) is 2.28. The molecule has 1 N–H and O–H groups in total. The summed E-state index contributed by atoms with van der Waals surface area (Å²) >= 11 is 0. The van der Waals surface area contributed by atoms with Gasteiger partial charge in [-0.25, -0.2) is 13.2 Å². The highest BCUT2D eigenvalue weighted by Gasteiger charge is 2.27. The largest absolute Gasteiger partial charge is 0.393 e. The first-order valence-corrected chi connectivity index (χ1v) is 5.41. The summed E-state index contributed by atoms with van der Waals surface area (Å²) in [6.07, 6.45) is 1.63. The topological polar surface area (TPSA) is 20.2 Å². The molecule has 88 valence electrons. The van der Waals surface area contributed by atoms with E-state index in [1.807, 2.05) is 0 Å². The van der Waals surface area contributed by atoms with Crippen LogP contribution in [0.2, 0.25) is 0 Å². The number of aliphatic hydroxyl groups excluding tert-OH is 1. The molecule has 1 aromatic rings. The van der Waals surface area contributed by atoms with Gasteiger partial charge in [0.25, 0.3) is 0 Å². The standard InChI is InChI=1S/C12H13F3O/c13-9-5-6-10(14)12(15)11(9)7-1-3-8(16)4-2-7/h5-8,16H,1-4H2/t7-,8+. The van der Waals surface area contributed by atoms with Crippen LogP contribution < -0.4 is 0 Å². The van der Waals surface area contributed by atoms with Gasteiger partial charge in [-0.2, -0.15) is 0 Å². The minimum absolute atomic E-state index is 0.160. The SMILES string of the molecule is O[C@H]1CC[C@@H](c2c(F)ccc(F)c2F)CC1. The van der Waals surface area contributed by atoms with Crippen LogP contribution in [0.1, 0.15) is 37.2 Å². The molecule has 0 amide bonds. The van der Waals surface area contributed by atoms with Gasteiger partial charge < -0.3 is 5.11 Å². The van der Waals surface area contributed by atoms with Gasteiger partial charge in [0, 0.05) is 5.56 Å².